The molecule has 0 aromatic heterocycles. The second kappa shape index (κ2) is 7.31. The van der Waals surface area contributed by atoms with Crippen molar-refractivity contribution in [2.24, 2.45) is 0 Å². The van der Waals surface area contributed by atoms with Gasteiger partial charge < -0.3 is 20.1 Å². The predicted molar refractivity (Wildman–Crippen MR) is 82.1 cm³/mol. The first-order chi connectivity index (χ1) is 10.2. The summed E-state index contributed by atoms with van der Waals surface area (Å²) in [6, 6.07) is 5.65. The van der Waals surface area contributed by atoms with Gasteiger partial charge in [0.1, 0.15) is 0 Å². The van der Waals surface area contributed by atoms with Gasteiger partial charge in [-0.1, -0.05) is 6.42 Å². The lowest BCUT2D eigenvalue weighted by atomic mass is 9.99. The first kappa shape index (κ1) is 15.6. The fourth-order valence-electron chi connectivity index (χ4n) is 2.67. The maximum Gasteiger partial charge on any atom is 0.251 e. The van der Waals surface area contributed by atoms with E-state index in [1.165, 1.54) is 12.8 Å². The lowest BCUT2D eigenvalue weighted by molar-refractivity contribution is 0.0927. The molecule has 2 atom stereocenters. The molecule has 1 heterocycles. The molecule has 1 aliphatic heterocycles. The Kier molecular flexibility index (Phi) is 5.44. The van der Waals surface area contributed by atoms with Crippen molar-refractivity contribution in [3.63, 3.8) is 0 Å². The topological polar surface area (TPSA) is 59.6 Å². The Labute approximate surface area is 126 Å². The summed E-state index contributed by atoms with van der Waals surface area (Å²) in [6.45, 7) is 3.07. The number of piperidine rings is 1. The van der Waals surface area contributed by atoms with E-state index in [4.69, 9.17) is 9.47 Å². The minimum atomic E-state index is -0.0872. The zero-order chi connectivity index (χ0) is 15.2. The van der Waals surface area contributed by atoms with Crippen molar-refractivity contribution < 1.29 is 14.3 Å². The number of hydrogen-bond acceptors (Lipinski definition) is 4. The van der Waals surface area contributed by atoms with Gasteiger partial charge in [0.15, 0.2) is 11.5 Å². The van der Waals surface area contributed by atoms with Gasteiger partial charge in [0.05, 0.1) is 14.2 Å². The van der Waals surface area contributed by atoms with Crippen LogP contribution in [-0.2, 0) is 0 Å². The molecular weight excluding hydrogens is 268 g/mol. The van der Waals surface area contributed by atoms with E-state index in [1.54, 1.807) is 32.4 Å². The molecule has 116 valence electrons. The van der Waals surface area contributed by atoms with Crippen molar-refractivity contribution >= 4 is 5.91 Å². The Morgan fingerprint density at radius 3 is 2.67 bits per heavy atom. The van der Waals surface area contributed by atoms with E-state index in [1.807, 2.05) is 6.92 Å². The molecular formula is C16H24N2O3. The third-order valence-corrected chi connectivity index (χ3v) is 3.96. The highest BCUT2D eigenvalue weighted by atomic mass is 16.5. The smallest absolute Gasteiger partial charge is 0.251 e. The average Bonchev–Trinajstić information content (AvgIpc) is 2.54. The zero-order valence-electron chi connectivity index (χ0n) is 12.9. The van der Waals surface area contributed by atoms with E-state index in [0.29, 0.717) is 23.1 Å². The number of ether oxygens (including phenoxy) is 2. The van der Waals surface area contributed by atoms with Crippen molar-refractivity contribution in [2.45, 2.75) is 38.3 Å². The largest absolute Gasteiger partial charge is 0.493 e. The van der Waals surface area contributed by atoms with Crippen molar-refractivity contribution in [1.82, 2.24) is 10.6 Å². The van der Waals surface area contributed by atoms with Gasteiger partial charge in [0, 0.05) is 17.6 Å². The Morgan fingerprint density at radius 1 is 1.29 bits per heavy atom. The van der Waals surface area contributed by atoms with Crippen molar-refractivity contribution in [3.8, 4) is 11.5 Å². The summed E-state index contributed by atoms with van der Waals surface area (Å²) < 4.78 is 10.4. The monoisotopic (exact) mass is 292 g/mol. The Morgan fingerprint density at radius 2 is 2.05 bits per heavy atom. The minimum Gasteiger partial charge on any atom is -0.493 e. The lowest BCUT2D eigenvalue weighted by Gasteiger charge is -2.29. The van der Waals surface area contributed by atoms with Crippen molar-refractivity contribution in [3.05, 3.63) is 23.8 Å². The summed E-state index contributed by atoms with van der Waals surface area (Å²) in [4.78, 5) is 12.3. The van der Waals surface area contributed by atoms with E-state index < -0.39 is 0 Å². The van der Waals surface area contributed by atoms with Crippen LogP contribution in [0.25, 0.3) is 0 Å². The Balaban J connectivity index is 2.02. The summed E-state index contributed by atoms with van der Waals surface area (Å²) in [5.74, 6) is 1.10. The van der Waals surface area contributed by atoms with Crippen LogP contribution in [0.4, 0.5) is 0 Å². The second-order valence-electron chi connectivity index (χ2n) is 5.39. The van der Waals surface area contributed by atoms with E-state index in [2.05, 4.69) is 10.6 Å². The molecule has 1 aromatic rings. The van der Waals surface area contributed by atoms with Gasteiger partial charge in [-0.15, -0.1) is 0 Å². The van der Waals surface area contributed by atoms with E-state index >= 15 is 0 Å². The summed E-state index contributed by atoms with van der Waals surface area (Å²) in [7, 11) is 3.14. The number of nitrogens with one attached hydrogen (secondary N) is 2. The average molecular weight is 292 g/mol. The van der Waals surface area contributed by atoms with Crippen LogP contribution >= 0.6 is 0 Å². The highest BCUT2D eigenvalue weighted by Crippen LogP contribution is 2.27. The zero-order valence-corrected chi connectivity index (χ0v) is 12.9. The fourth-order valence-corrected chi connectivity index (χ4v) is 2.67. The summed E-state index contributed by atoms with van der Waals surface area (Å²) in [5.41, 5.74) is 0.579. The third-order valence-electron chi connectivity index (χ3n) is 3.96. The van der Waals surface area contributed by atoms with Crippen LogP contribution in [0.2, 0.25) is 0 Å². The van der Waals surface area contributed by atoms with Crippen LogP contribution in [0.5, 0.6) is 11.5 Å². The molecule has 0 saturated carbocycles. The van der Waals surface area contributed by atoms with Crippen LogP contribution in [-0.4, -0.2) is 38.8 Å². The van der Waals surface area contributed by atoms with Crippen LogP contribution < -0.4 is 20.1 Å². The number of benzene rings is 1. The third kappa shape index (κ3) is 3.88. The Bertz CT molecular complexity index is 484. The molecule has 2 rings (SSSR count). The van der Waals surface area contributed by atoms with Gasteiger partial charge in [-0.3, -0.25) is 4.79 Å². The maximum atomic E-state index is 12.3. The van der Waals surface area contributed by atoms with Gasteiger partial charge >= 0.3 is 0 Å². The summed E-state index contributed by atoms with van der Waals surface area (Å²) in [6.07, 6.45) is 3.54. The minimum absolute atomic E-state index is 0.0872. The summed E-state index contributed by atoms with van der Waals surface area (Å²) in [5, 5.41) is 6.51. The van der Waals surface area contributed by atoms with E-state index in [-0.39, 0.29) is 11.9 Å². The highest BCUT2D eigenvalue weighted by Gasteiger charge is 2.21. The molecule has 5 nitrogen and oxygen atoms in total. The number of hydrogen-bond donors (Lipinski definition) is 2. The number of carbonyl (C=O) groups excluding carboxylic acids is 1. The van der Waals surface area contributed by atoms with Gasteiger partial charge in [-0.2, -0.15) is 0 Å². The first-order valence-electron chi connectivity index (χ1n) is 7.42. The quantitative estimate of drug-likeness (QED) is 0.871. The molecule has 1 saturated heterocycles. The van der Waals surface area contributed by atoms with Crippen LogP contribution in [0, 0.1) is 0 Å². The van der Waals surface area contributed by atoms with E-state index in [9.17, 15) is 4.79 Å². The fraction of sp³-hybridized carbons (Fsp3) is 0.562. The van der Waals surface area contributed by atoms with Gasteiger partial charge in [-0.25, -0.2) is 0 Å². The van der Waals surface area contributed by atoms with Crippen molar-refractivity contribution in [2.75, 3.05) is 20.8 Å². The maximum absolute atomic E-state index is 12.3. The molecule has 0 aliphatic carbocycles. The molecule has 1 fully saturated rings. The number of rotatable bonds is 5. The number of carbonyl (C=O) groups is 1. The van der Waals surface area contributed by atoms with Gasteiger partial charge in [0.25, 0.3) is 5.91 Å². The SMILES string of the molecule is COc1ccc(C(=O)NC(C)C2CCCCN2)cc1OC. The standard InChI is InChI=1S/C16H24N2O3/c1-11(13-6-4-5-9-17-13)18-16(19)12-7-8-14(20-2)15(10-12)21-3/h7-8,10-11,13,17H,4-6,9H2,1-3H3,(H,18,19). The Hall–Kier alpha value is -1.75. The lowest BCUT2D eigenvalue weighted by Crippen LogP contribution is -2.50. The normalized spacial score (nSPS) is 19.7. The highest BCUT2D eigenvalue weighted by molar-refractivity contribution is 5.95. The first-order valence-corrected chi connectivity index (χ1v) is 7.42. The number of methoxy groups -OCH3 is 2. The molecule has 2 N–H and O–H groups in total. The van der Waals surface area contributed by atoms with Gasteiger partial charge in [-0.05, 0) is 44.5 Å². The molecule has 1 aromatic carbocycles. The number of amides is 1. The molecule has 0 spiro atoms. The summed E-state index contributed by atoms with van der Waals surface area (Å²) >= 11 is 0. The predicted octanol–water partition coefficient (Wildman–Crippen LogP) is 1.96. The molecule has 2 unspecified atom stereocenters. The second-order valence-corrected chi connectivity index (χ2v) is 5.39. The van der Waals surface area contributed by atoms with Crippen molar-refractivity contribution in [1.29, 1.82) is 0 Å². The van der Waals surface area contributed by atoms with Crippen LogP contribution in [0.15, 0.2) is 18.2 Å². The molecule has 0 bridgehead atoms. The molecule has 1 aliphatic rings. The van der Waals surface area contributed by atoms with E-state index in [0.717, 1.165) is 13.0 Å². The molecule has 21 heavy (non-hydrogen) atoms. The van der Waals surface area contributed by atoms with Crippen LogP contribution in [0.3, 0.4) is 0 Å². The molecule has 1 amide bonds. The van der Waals surface area contributed by atoms with Crippen LogP contribution in [0.1, 0.15) is 36.5 Å². The van der Waals surface area contributed by atoms with Gasteiger partial charge in [0.2, 0.25) is 0 Å². The molecule has 5 heteroatoms. The molecule has 0 radical (unpaired) electrons.